The molecule has 52 heavy (non-hydrogen) atoms. The Balaban J connectivity index is 1.41. The summed E-state index contributed by atoms with van der Waals surface area (Å²) in [7, 11) is -2.63. The Kier molecular flexibility index (Phi) is 11.2. The molecule has 4 heterocycles. The van der Waals surface area contributed by atoms with Gasteiger partial charge in [-0.3, -0.25) is 0 Å². The summed E-state index contributed by atoms with van der Waals surface area (Å²) in [4.78, 5) is 28.4. The number of alkyl halides is 2. The number of benzene rings is 3. The van der Waals surface area contributed by atoms with Crippen LogP contribution in [0.2, 0.25) is 5.02 Å². The number of aliphatic imine (C=N–C) groups is 1. The molecule has 3 aromatic carbocycles. The monoisotopic (exact) mass is 855 g/mol. The number of carbonyl (C=O) groups excluding carboxylic acids is 1. The van der Waals surface area contributed by atoms with Gasteiger partial charge in [-0.25, -0.2) is 8.51 Å². The first-order valence-corrected chi connectivity index (χ1v) is 25.4. The molecule has 2 amide bonds. The third-order valence-corrected chi connectivity index (χ3v) is 18.9. The standard InChI is InChI=1S/C42H55ClIN5O2S/c1-6-8-11-32-31-37(52(5,51)48-25-9-10-26-48)20-21-38(32)39-45-41(3,33-14-18-36(19-15-33)44-22-23-44)42(4,34-12-16-35(43)17-13-34)49(39)40(50)47-29-27-46(24-7-2)28-30-47/h12-21,31H,5-11,22-30H2,1-4H3/t41-,42+,52?/m0/s1. The fourth-order valence-electron chi connectivity index (χ4n) is 8.31. The molecule has 280 valence electrons. The van der Waals surface area contributed by atoms with E-state index in [1.54, 1.807) is 0 Å². The Bertz CT molecular complexity index is 1900. The number of hydrogen-bond donors (Lipinski definition) is 0. The van der Waals surface area contributed by atoms with E-state index in [2.05, 4.69) is 91.3 Å². The number of hydrogen-bond acceptors (Lipinski definition) is 4. The third kappa shape index (κ3) is 6.98. The number of amides is 2. The van der Waals surface area contributed by atoms with Crippen LogP contribution in [0.15, 0.2) is 76.6 Å². The van der Waals surface area contributed by atoms with Gasteiger partial charge in [0.2, 0.25) is 0 Å². The van der Waals surface area contributed by atoms with E-state index in [0.29, 0.717) is 23.9 Å². The van der Waals surface area contributed by atoms with Crippen molar-refractivity contribution in [1.29, 1.82) is 0 Å². The molecular formula is C42H55ClIN5O2S. The van der Waals surface area contributed by atoms with E-state index in [9.17, 15) is 4.21 Å². The largest absolute Gasteiger partial charge is 0.229 e. The van der Waals surface area contributed by atoms with Crippen LogP contribution in [0.4, 0.5) is 4.79 Å². The summed E-state index contributed by atoms with van der Waals surface area (Å²) >= 11 is 5.55. The molecule has 7 rings (SSSR count). The second-order valence-corrected chi connectivity index (χ2v) is 23.8. The van der Waals surface area contributed by atoms with Gasteiger partial charge < -0.3 is 0 Å². The first-order valence-electron chi connectivity index (χ1n) is 19.2. The summed E-state index contributed by atoms with van der Waals surface area (Å²) < 4.78 is 20.7. The van der Waals surface area contributed by atoms with Gasteiger partial charge in [0, 0.05) is 13.1 Å². The van der Waals surface area contributed by atoms with Gasteiger partial charge >= 0.3 is 259 Å². The first-order chi connectivity index (χ1) is 25.0. The molecule has 0 N–H and O–H groups in total. The van der Waals surface area contributed by atoms with E-state index in [4.69, 9.17) is 16.6 Å². The molecule has 0 radical (unpaired) electrons. The predicted molar refractivity (Wildman–Crippen MR) is 227 cm³/mol. The zero-order chi connectivity index (χ0) is 36.7. The molecule has 4 aliphatic heterocycles. The number of urea groups is 1. The van der Waals surface area contributed by atoms with Crippen molar-refractivity contribution in [2.45, 2.75) is 82.2 Å². The van der Waals surface area contributed by atoms with Crippen LogP contribution in [0.5, 0.6) is 0 Å². The molecule has 0 saturated carbocycles. The Morgan fingerprint density at radius 3 is 2.15 bits per heavy atom. The maximum Gasteiger partial charge on any atom is 0.0110 e. The molecule has 0 aromatic heterocycles. The Morgan fingerprint density at radius 1 is 0.885 bits per heavy atom. The van der Waals surface area contributed by atoms with E-state index in [1.165, 1.54) is 12.4 Å². The number of unbranched alkanes of at least 4 members (excludes halogenated alkanes) is 1. The molecular weight excluding hydrogens is 801 g/mol. The number of rotatable bonds is 11. The van der Waals surface area contributed by atoms with Crippen molar-refractivity contribution in [2.24, 2.45) is 4.99 Å². The van der Waals surface area contributed by atoms with Crippen LogP contribution < -0.4 is 0 Å². The summed E-state index contributed by atoms with van der Waals surface area (Å²) in [6, 6.07) is 23.4. The molecule has 0 spiro atoms. The quantitative estimate of drug-likeness (QED) is 0.111. The van der Waals surface area contributed by atoms with Crippen LogP contribution >= 0.6 is 31.4 Å². The SMILES string of the molecule is C=S(=O)(c1ccc(C2=N[C@@](C)(c3ccc(I4CC4)cc3)[C@@](C)(c3ccc(Cl)cc3)N2C(=O)N2CCN(CCC)CC2)c(CCCC)c1)N1CCCC1. The van der Waals surface area contributed by atoms with Crippen LogP contribution in [0.3, 0.4) is 0 Å². The molecule has 4 aliphatic rings. The van der Waals surface area contributed by atoms with Crippen molar-refractivity contribution in [3.63, 3.8) is 0 Å². The minimum Gasteiger partial charge on any atom is -0.229 e. The fraction of sp³-hybridized carbons (Fsp3) is 0.500. The fourth-order valence-corrected chi connectivity index (χ4v) is 14.4. The van der Waals surface area contributed by atoms with Crippen LogP contribution in [-0.2, 0) is 27.2 Å². The third-order valence-electron chi connectivity index (χ3n) is 11.8. The normalized spacial score (nSPS) is 25.7. The predicted octanol–water partition coefficient (Wildman–Crippen LogP) is 8.50. The van der Waals surface area contributed by atoms with Crippen LogP contribution in [-0.4, -0.2) is 95.6 Å². The second-order valence-electron chi connectivity index (χ2n) is 15.1. The van der Waals surface area contributed by atoms with Gasteiger partial charge in [-0.15, -0.1) is 0 Å². The van der Waals surface area contributed by atoms with Crippen molar-refractivity contribution in [2.75, 3.05) is 54.7 Å². The maximum atomic E-state index is 15.4. The minimum atomic E-state index is -2.63. The second kappa shape index (κ2) is 15.4. The zero-order valence-electron chi connectivity index (χ0n) is 31.4. The van der Waals surface area contributed by atoms with Crippen LogP contribution in [0.1, 0.15) is 82.1 Å². The Labute approximate surface area is 324 Å². The van der Waals surface area contributed by atoms with Gasteiger partial charge in [-0.1, -0.05) is 13.8 Å². The van der Waals surface area contributed by atoms with Crippen LogP contribution in [0.25, 0.3) is 0 Å². The molecule has 0 aliphatic carbocycles. The van der Waals surface area contributed by atoms with Gasteiger partial charge in [0.25, 0.3) is 0 Å². The summed E-state index contributed by atoms with van der Waals surface area (Å²) in [5, 5.41) is 0.657. The van der Waals surface area contributed by atoms with Crippen molar-refractivity contribution in [1.82, 2.24) is 19.0 Å². The number of aryl methyl sites for hydroxylation is 1. The van der Waals surface area contributed by atoms with Crippen molar-refractivity contribution in [3.05, 3.63) is 97.6 Å². The first kappa shape index (κ1) is 37.9. The smallest absolute Gasteiger partial charge is 0.0110 e. The number of carbonyl (C=O) groups is 1. The number of piperazine rings is 1. The van der Waals surface area contributed by atoms with Gasteiger partial charge in [-0.05, 0) is 31.7 Å². The van der Waals surface area contributed by atoms with E-state index in [1.807, 2.05) is 28.0 Å². The summed E-state index contributed by atoms with van der Waals surface area (Å²) in [6.07, 6.45) is 5.96. The Morgan fingerprint density at radius 2 is 1.54 bits per heavy atom. The van der Waals surface area contributed by atoms with Gasteiger partial charge in [0.1, 0.15) is 0 Å². The number of amidine groups is 1. The summed E-state index contributed by atoms with van der Waals surface area (Å²) in [6.45, 7) is 14.5. The summed E-state index contributed by atoms with van der Waals surface area (Å²) in [5.41, 5.74) is 2.36. The average molecular weight is 856 g/mol. The van der Waals surface area contributed by atoms with E-state index in [-0.39, 0.29) is 6.03 Å². The van der Waals surface area contributed by atoms with E-state index in [0.717, 1.165) is 98.4 Å². The van der Waals surface area contributed by atoms with Gasteiger partial charge in [0.05, 0.1) is 0 Å². The molecule has 3 aromatic rings. The molecule has 3 saturated heterocycles. The topological polar surface area (TPSA) is 59.5 Å². The average Bonchev–Trinajstić information content (AvgIpc) is 3.78. The molecule has 3 fully saturated rings. The summed E-state index contributed by atoms with van der Waals surface area (Å²) in [5.74, 6) is 4.97. The molecule has 10 heteroatoms. The minimum absolute atomic E-state index is 0.0254. The number of nitrogens with zero attached hydrogens (tertiary/aromatic N) is 5. The van der Waals surface area contributed by atoms with Crippen molar-refractivity contribution in [3.8, 4) is 0 Å². The molecule has 1 unspecified atom stereocenters. The maximum absolute atomic E-state index is 15.4. The van der Waals surface area contributed by atoms with Crippen LogP contribution in [0, 0.1) is 3.57 Å². The zero-order valence-corrected chi connectivity index (χ0v) is 35.1. The van der Waals surface area contributed by atoms with Gasteiger partial charge in [0.15, 0.2) is 0 Å². The van der Waals surface area contributed by atoms with Gasteiger partial charge in [-0.2, -0.15) is 0 Å². The van der Waals surface area contributed by atoms with Crippen molar-refractivity contribution >= 4 is 58.9 Å². The van der Waals surface area contributed by atoms with Crippen molar-refractivity contribution < 1.29 is 9.00 Å². The molecule has 0 bridgehead atoms. The molecule has 7 nitrogen and oxygen atoms in total. The van der Waals surface area contributed by atoms with E-state index < -0.39 is 40.6 Å². The molecule has 3 atom stereocenters. The Hall–Kier alpha value is -2.44. The van der Waals surface area contributed by atoms with E-state index >= 15 is 4.79 Å². The number of halogens is 2.